The van der Waals surface area contributed by atoms with Gasteiger partial charge in [0.2, 0.25) is 0 Å². The second-order valence-corrected chi connectivity index (χ2v) is 8.54. The molecule has 0 N–H and O–H groups in total. The lowest BCUT2D eigenvalue weighted by molar-refractivity contribution is -0.0433. The molecule has 1 saturated heterocycles. The largest absolute Gasteiger partial charge is 0.372 e. The minimum absolute atomic E-state index is 0.0227. The van der Waals surface area contributed by atoms with E-state index in [1.165, 1.54) is 0 Å². The molecule has 3 aliphatic heterocycles. The number of benzene rings is 1. The topological polar surface area (TPSA) is 55.0 Å². The second kappa shape index (κ2) is 7.27. The van der Waals surface area contributed by atoms with Crippen LogP contribution in [0.5, 0.6) is 0 Å². The molecule has 31 heavy (non-hydrogen) atoms. The molecule has 3 aliphatic rings. The number of fused-ring (bicyclic) bond motifs is 4. The van der Waals surface area contributed by atoms with Crippen molar-refractivity contribution >= 4 is 18.1 Å². The third kappa shape index (κ3) is 3.24. The van der Waals surface area contributed by atoms with Crippen molar-refractivity contribution in [3.63, 3.8) is 0 Å². The van der Waals surface area contributed by atoms with Gasteiger partial charge in [0.1, 0.15) is 12.4 Å². The van der Waals surface area contributed by atoms with E-state index in [4.69, 9.17) is 4.74 Å². The van der Waals surface area contributed by atoms with Crippen LogP contribution in [0, 0.1) is 28.9 Å². The summed E-state index contributed by atoms with van der Waals surface area (Å²) in [6.45, 7) is 4.75. The molecule has 5 rings (SSSR count). The van der Waals surface area contributed by atoms with Gasteiger partial charge in [-0.2, -0.15) is 0 Å². The third-order valence-corrected chi connectivity index (χ3v) is 6.13. The van der Waals surface area contributed by atoms with Gasteiger partial charge in [-0.15, -0.1) is 0 Å². The number of ether oxygens (including phenoxy) is 1. The van der Waals surface area contributed by atoms with Gasteiger partial charge in [0.25, 0.3) is 0 Å². The Morgan fingerprint density at radius 1 is 1.16 bits per heavy atom. The van der Waals surface area contributed by atoms with Crippen molar-refractivity contribution in [2.24, 2.45) is 22.4 Å². The molecule has 0 saturated carbocycles. The summed E-state index contributed by atoms with van der Waals surface area (Å²) in [7, 11) is 1.82. The highest BCUT2D eigenvalue weighted by Crippen LogP contribution is 2.46. The number of rotatable bonds is 0. The predicted molar refractivity (Wildman–Crippen MR) is 115 cm³/mol. The van der Waals surface area contributed by atoms with Gasteiger partial charge < -0.3 is 14.2 Å². The van der Waals surface area contributed by atoms with Crippen LogP contribution in [0.3, 0.4) is 0 Å². The van der Waals surface area contributed by atoms with Crippen molar-refractivity contribution in [1.82, 2.24) is 9.55 Å². The van der Waals surface area contributed by atoms with E-state index in [1.54, 1.807) is 23.2 Å². The molecule has 0 aliphatic carbocycles. The smallest absolute Gasteiger partial charge is 0.183 e. The summed E-state index contributed by atoms with van der Waals surface area (Å²) in [5, 5.41) is 0. The number of morpholine rings is 1. The van der Waals surface area contributed by atoms with Crippen molar-refractivity contribution in [3.05, 3.63) is 47.0 Å². The molecule has 2 aromatic rings. The molecule has 0 unspecified atom stereocenters. The molecule has 3 atom stereocenters. The molecular formula is C23H23F2N5O. The van der Waals surface area contributed by atoms with Gasteiger partial charge in [-0.05, 0) is 37.8 Å². The zero-order chi connectivity index (χ0) is 21.8. The molecule has 0 radical (unpaired) electrons. The van der Waals surface area contributed by atoms with E-state index in [2.05, 4.69) is 26.8 Å². The minimum Gasteiger partial charge on any atom is -0.372 e. The van der Waals surface area contributed by atoms with E-state index in [0.29, 0.717) is 36.6 Å². The summed E-state index contributed by atoms with van der Waals surface area (Å²) in [5.74, 6) is 3.78. The maximum absolute atomic E-state index is 15.4. The standard InChI is InChI=1S/C23H23F2N5O/c1-14-8-30-21-17(7-23(10-26-12-27-11-23)22(30)15(2)31-14)6-16(19(24)20(21)25)4-5-18-9-29(3)13-28-18/h6,9-11,13-15,22H,7-8,12H2,1-3H3/t14-,15+,22-/m0/s1. The Balaban J connectivity index is 1.65. The molecule has 8 heteroatoms. The Kier molecular flexibility index (Phi) is 4.67. The second-order valence-electron chi connectivity index (χ2n) is 8.54. The van der Waals surface area contributed by atoms with Gasteiger partial charge in [0.15, 0.2) is 11.6 Å². The quantitative estimate of drug-likeness (QED) is 0.613. The Morgan fingerprint density at radius 3 is 2.65 bits per heavy atom. The first kappa shape index (κ1) is 19.9. The van der Waals surface area contributed by atoms with Crippen molar-refractivity contribution in [2.45, 2.75) is 38.5 Å². The van der Waals surface area contributed by atoms with Gasteiger partial charge >= 0.3 is 0 Å². The first-order valence-corrected chi connectivity index (χ1v) is 10.3. The van der Waals surface area contributed by atoms with Gasteiger partial charge in [0, 0.05) is 32.2 Å². The van der Waals surface area contributed by atoms with Crippen LogP contribution in [-0.2, 0) is 18.2 Å². The lowest BCUT2D eigenvalue weighted by Crippen LogP contribution is -2.65. The highest BCUT2D eigenvalue weighted by atomic mass is 19.2. The van der Waals surface area contributed by atoms with Crippen molar-refractivity contribution in [2.75, 3.05) is 18.1 Å². The van der Waals surface area contributed by atoms with Crippen LogP contribution < -0.4 is 4.90 Å². The fourth-order valence-electron chi connectivity index (χ4n) is 5.08. The molecule has 1 fully saturated rings. The average Bonchev–Trinajstić information content (AvgIpc) is 3.14. The highest BCUT2D eigenvalue weighted by Gasteiger charge is 2.52. The van der Waals surface area contributed by atoms with Crippen LogP contribution in [0.1, 0.15) is 30.7 Å². The minimum atomic E-state index is -0.936. The maximum Gasteiger partial charge on any atom is 0.183 e. The van der Waals surface area contributed by atoms with Crippen LogP contribution in [0.15, 0.2) is 28.6 Å². The van der Waals surface area contributed by atoms with Crippen LogP contribution in [0.4, 0.5) is 14.5 Å². The van der Waals surface area contributed by atoms with E-state index < -0.39 is 17.0 Å². The number of nitrogens with zero attached hydrogens (tertiary/aromatic N) is 5. The van der Waals surface area contributed by atoms with Crippen LogP contribution in [-0.4, -0.2) is 53.4 Å². The van der Waals surface area contributed by atoms with Crippen LogP contribution >= 0.6 is 0 Å². The molecule has 0 bridgehead atoms. The van der Waals surface area contributed by atoms with Crippen LogP contribution in [0.25, 0.3) is 0 Å². The summed E-state index contributed by atoms with van der Waals surface area (Å²) >= 11 is 0. The fourth-order valence-corrected chi connectivity index (χ4v) is 5.08. The number of hydrogen-bond donors (Lipinski definition) is 0. The van der Waals surface area contributed by atoms with E-state index >= 15 is 8.78 Å². The summed E-state index contributed by atoms with van der Waals surface area (Å²) in [6, 6.07) is 1.44. The van der Waals surface area contributed by atoms with Crippen molar-refractivity contribution in [3.8, 4) is 11.8 Å². The first-order chi connectivity index (χ1) is 14.9. The van der Waals surface area contributed by atoms with Gasteiger partial charge in [-0.3, -0.25) is 9.98 Å². The molecule has 6 nitrogen and oxygen atoms in total. The van der Waals surface area contributed by atoms with Crippen molar-refractivity contribution in [1.29, 1.82) is 0 Å². The third-order valence-electron chi connectivity index (χ3n) is 6.13. The lowest BCUT2D eigenvalue weighted by atomic mass is 9.69. The Bertz CT molecular complexity index is 1150. The van der Waals surface area contributed by atoms with Crippen molar-refractivity contribution < 1.29 is 13.5 Å². The van der Waals surface area contributed by atoms with Crippen LogP contribution in [0.2, 0.25) is 0 Å². The van der Waals surface area contributed by atoms with E-state index in [1.807, 2.05) is 38.2 Å². The molecule has 1 spiro atoms. The Hall–Kier alpha value is -3.05. The van der Waals surface area contributed by atoms with E-state index in [-0.39, 0.29) is 23.8 Å². The molecule has 160 valence electrons. The van der Waals surface area contributed by atoms with E-state index in [9.17, 15) is 0 Å². The fraction of sp³-hybridized carbons (Fsp3) is 0.435. The normalized spacial score (nSPS) is 25.7. The number of hydrogen-bond acceptors (Lipinski definition) is 5. The first-order valence-electron chi connectivity index (χ1n) is 10.3. The maximum atomic E-state index is 15.4. The highest BCUT2D eigenvalue weighted by molar-refractivity contribution is 5.94. The number of aliphatic imine (C=N–C) groups is 2. The van der Waals surface area contributed by atoms with Gasteiger partial charge in [0.05, 0.1) is 41.2 Å². The zero-order valence-corrected chi connectivity index (χ0v) is 17.6. The number of halogens is 2. The number of anilines is 1. The molecule has 1 aromatic carbocycles. The van der Waals surface area contributed by atoms with Gasteiger partial charge in [-0.25, -0.2) is 13.8 Å². The number of aryl methyl sites for hydroxylation is 1. The monoisotopic (exact) mass is 423 g/mol. The summed E-state index contributed by atoms with van der Waals surface area (Å²) < 4.78 is 38.3. The van der Waals surface area contributed by atoms with Gasteiger partial charge in [-0.1, -0.05) is 5.92 Å². The Labute approximate surface area is 179 Å². The zero-order valence-electron chi connectivity index (χ0n) is 17.6. The molecule has 1 aromatic heterocycles. The average molecular weight is 423 g/mol. The summed E-state index contributed by atoms with van der Waals surface area (Å²) in [6.07, 6.45) is 7.28. The number of imidazole rings is 1. The lowest BCUT2D eigenvalue weighted by Gasteiger charge is -2.54. The van der Waals surface area contributed by atoms with E-state index in [0.717, 1.165) is 0 Å². The predicted octanol–water partition coefficient (Wildman–Crippen LogP) is 2.74. The Morgan fingerprint density at radius 2 is 1.94 bits per heavy atom. The summed E-state index contributed by atoms with van der Waals surface area (Å²) in [5.41, 5.74) is 0.974. The molecule has 4 heterocycles. The molecule has 0 amide bonds. The SMILES string of the molecule is C[C@H]1CN2c3c(cc(C#Cc4cn(C)cn4)c(F)c3F)CC3(C=NCN=C3)[C@@H]2[C@@H](C)O1. The summed E-state index contributed by atoms with van der Waals surface area (Å²) in [4.78, 5) is 14.9. The molecular weight excluding hydrogens is 400 g/mol. The number of aromatic nitrogens is 2.